The van der Waals surface area contributed by atoms with E-state index in [9.17, 15) is 14.3 Å². The Balaban J connectivity index is 1.80. The first kappa shape index (κ1) is 24.1. The van der Waals surface area contributed by atoms with Crippen molar-refractivity contribution in [2.45, 2.75) is 13.3 Å². The fourth-order valence-electron chi connectivity index (χ4n) is 4.22. The third-order valence-corrected chi connectivity index (χ3v) is 6.51. The fourth-order valence-corrected chi connectivity index (χ4v) is 4.86. The third-order valence-electron chi connectivity index (χ3n) is 5.72. The Kier molecular flexibility index (Phi) is 6.31. The lowest BCUT2D eigenvalue weighted by atomic mass is 10.0. The number of rotatable bonds is 6. The Bertz CT molecular complexity index is 1670. The Hall–Kier alpha value is -3.64. The maximum atomic E-state index is 12.9. The van der Waals surface area contributed by atoms with Crippen LogP contribution in [-0.2, 0) is 11.0 Å². The predicted octanol–water partition coefficient (Wildman–Crippen LogP) is 6.10. The molecule has 0 saturated heterocycles. The molecule has 0 radical (unpaired) electrons. The van der Waals surface area contributed by atoms with E-state index in [4.69, 9.17) is 21.2 Å². The summed E-state index contributed by atoms with van der Waals surface area (Å²) < 4.78 is 19.2. The molecule has 0 bridgehead atoms. The zero-order valence-corrected chi connectivity index (χ0v) is 21.3. The van der Waals surface area contributed by atoms with Gasteiger partial charge in [0.15, 0.2) is 0 Å². The van der Waals surface area contributed by atoms with Gasteiger partial charge in [0.2, 0.25) is 0 Å². The first-order valence-corrected chi connectivity index (χ1v) is 13.6. The smallest absolute Gasteiger partial charge is 0.373 e. The molecule has 2 aromatic heterocycles. The average Bonchev–Trinajstić information content (AvgIpc) is 3.16. The van der Waals surface area contributed by atoms with Crippen molar-refractivity contribution in [3.8, 4) is 28.1 Å². The molecule has 0 spiro atoms. The average molecular weight is 520 g/mol. The third kappa shape index (κ3) is 5.00. The molecule has 5 aromatic rings. The van der Waals surface area contributed by atoms with E-state index in [-0.39, 0.29) is 11.3 Å². The Morgan fingerprint density at radius 2 is 1.78 bits per heavy atom. The molecule has 2 N–H and O–H groups in total. The lowest BCUT2D eigenvalue weighted by molar-refractivity contribution is 0.388. The van der Waals surface area contributed by atoms with Gasteiger partial charge in [-0.25, -0.2) is 9.08 Å². The summed E-state index contributed by atoms with van der Waals surface area (Å²) in [6.45, 7) is 2.98. The summed E-state index contributed by atoms with van der Waals surface area (Å²) in [4.78, 5) is 25.7. The summed E-state index contributed by atoms with van der Waals surface area (Å²) in [5.41, 5.74) is 5.35. The zero-order valence-electron chi connectivity index (χ0n) is 19.6. The highest BCUT2D eigenvalue weighted by atomic mass is 35.5. The molecule has 9 heteroatoms. The largest absolute Gasteiger partial charge is 0.424 e. The van der Waals surface area contributed by atoms with Crippen LogP contribution in [0.3, 0.4) is 0 Å². The van der Waals surface area contributed by atoms with Crippen LogP contribution in [0.5, 0.6) is 5.75 Å². The molecule has 5 rings (SSSR count). The Morgan fingerprint density at radius 1 is 1.06 bits per heavy atom. The van der Waals surface area contributed by atoms with E-state index in [2.05, 4.69) is 4.98 Å². The summed E-state index contributed by atoms with van der Waals surface area (Å²) in [7, 11) is -3.86. The number of nitrogens with zero attached hydrogens (tertiary/aromatic N) is 2. The number of aromatic nitrogens is 3. The van der Waals surface area contributed by atoms with Crippen LogP contribution < -0.4 is 10.1 Å². The van der Waals surface area contributed by atoms with Crippen molar-refractivity contribution >= 4 is 24.8 Å². The fraction of sp³-hybridized carbons (Fsp3) is 0.111. The number of nitrogens with one attached hydrogen (secondary N) is 1. The standard InChI is InChI=1S/C27H23ClN3O4P/c1-17-8-13-21(24(14-17)35-36(2,33)34)23-16-25(32)29-27-26(19-9-11-20(28)12-10-19)22(30-31(23)27)15-18-6-4-3-5-7-18/h3-14,16H,15H2,1-2H3,(H,29,32)(H,33,34). The van der Waals surface area contributed by atoms with E-state index in [1.165, 1.54) is 6.07 Å². The molecule has 182 valence electrons. The van der Waals surface area contributed by atoms with E-state index in [1.807, 2.05) is 55.5 Å². The Labute approximate surface area is 212 Å². The summed E-state index contributed by atoms with van der Waals surface area (Å²) in [5, 5.41) is 5.51. The second kappa shape index (κ2) is 9.43. The molecule has 0 fully saturated rings. The van der Waals surface area contributed by atoms with Gasteiger partial charge in [-0.2, -0.15) is 5.10 Å². The van der Waals surface area contributed by atoms with Gasteiger partial charge in [-0.15, -0.1) is 0 Å². The molecule has 0 saturated carbocycles. The zero-order chi connectivity index (χ0) is 25.4. The van der Waals surface area contributed by atoms with Crippen molar-refractivity contribution in [3.05, 3.63) is 111 Å². The van der Waals surface area contributed by atoms with Gasteiger partial charge in [-0.1, -0.05) is 60.1 Å². The molecular weight excluding hydrogens is 497 g/mol. The van der Waals surface area contributed by atoms with Crippen molar-refractivity contribution in [2.75, 3.05) is 6.66 Å². The first-order chi connectivity index (χ1) is 17.2. The van der Waals surface area contributed by atoms with Crippen LogP contribution in [0.4, 0.5) is 0 Å². The van der Waals surface area contributed by atoms with Crippen LogP contribution in [-0.4, -0.2) is 26.2 Å². The van der Waals surface area contributed by atoms with Gasteiger partial charge < -0.3 is 14.4 Å². The molecular formula is C27H23ClN3O4P. The van der Waals surface area contributed by atoms with Gasteiger partial charge in [-0.05, 0) is 47.9 Å². The second-order valence-corrected chi connectivity index (χ2v) is 10.9. The van der Waals surface area contributed by atoms with Gasteiger partial charge in [0, 0.05) is 35.3 Å². The van der Waals surface area contributed by atoms with E-state index in [0.717, 1.165) is 34.6 Å². The first-order valence-electron chi connectivity index (χ1n) is 11.2. The molecule has 2 heterocycles. The topological polar surface area (TPSA) is 96.7 Å². The second-order valence-electron chi connectivity index (χ2n) is 8.66. The number of halogens is 1. The van der Waals surface area contributed by atoms with Crippen molar-refractivity contribution in [1.29, 1.82) is 0 Å². The molecule has 1 atom stereocenters. The predicted molar refractivity (Wildman–Crippen MR) is 142 cm³/mol. The molecule has 7 nitrogen and oxygen atoms in total. The number of H-pyrrole nitrogens is 1. The summed E-state index contributed by atoms with van der Waals surface area (Å²) >= 11 is 6.14. The van der Waals surface area contributed by atoms with Gasteiger partial charge in [-0.3, -0.25) is 4.79 Å². The highest BCUT2D eigenvalue weighted by Gasteiger charge is 2.22. The maximum Gasteiger partial charge on any atom is 0.373 e. The van der Waals surface area contributed by atoms with Crippen LogP contribution in [0.15, 0.2) is 83.7 Å². The monoisotopic (exact) mass is 519 g/mol. The number of benzene rings is 3. The minimum atomic E-state index is -3.86. The van der Waals surface area contributed by atoms with E-state index in [1.54, 1.807) is 28.8 Å². The maximum absolute atomic E-state index is 12.9. The number of aromatic amines is 1. The van der Waals surface area contributed by atoms with Gasteiger partial charge in [0.1, 0.15) is 11.4 Å². The van der Waals surface area contributed by atoms with Crippen LogP contribution in [0.25, 0.3) is 28.0 Å². The number of aryl methyl sites for hydroxylation is 1. The van der Waals surface area contributed by atoms with Crippen molar-refractivity contribution in [2.24, 2.45) is 0 Å². The van der Waals surface area contributed by atoms with Gasteiger partial charge >= 0.3 is 7.60 Å². The molecule has 36 heavy (non-hydrogen) atoms. The van der Waals surface area contributed by atoms with E-state index in [0.29, 0.717) is 28.3 Å². The summed E-state index contributed by atoms with van der Waals surface area (Å²) in [6.07, 6.45) is 0.528. The SMILES string of the molecule is Cc1ccc(-c2cc(=O)[nH]c3c(-c4ccc(Cl)cc4)c(Cc4ccccc4)nn23)c(OP(C)(=O)O)c1. The van der Waals surface area contributed by atoms with E-state index >= 15 is 0 Å². The quantitative estimate of drug-likeness (QED) is 0.264. The molecule has 0 aliphatic carbocycles. The normalized spacial score (nSPS) is 13.0. The number of hydrogen-bond donors (Lipinski definition) is 2. The van der Waals surface area contributed by atoms with Gasteiger partial charge in [0.25, 0.3) is 5.56 Å². The van der Waals surface area contributed by atoms with Crippen LogP contribution in [0.1, 0.15) is 16.8 Å². The van der Waals surface area contributed by atoms with Crippen LogP contribution in [0.2, 0.25) is 5.02 Å². The highest BCUT2D eigenvalue weighted by molar-refractivity contribution is 7.52. The summed E-state index contributed by atoms with van der Waals surface area (Å²) in [5.74, 6) is 0.198. The molecule has 0 aliphatic heterocycles. The molecule has 3 aromatic carbocycles. The minimum absolute atomic E-state index is 0.198. The van der Waals surface area contributed by atoms with Gasteiger partial charge in [0.05, 0.1) is 11.4 Å². The minimum Gasteiger partial charge on any atom is -0.424 e. The van der Waals surface area contributed by atoms with E-state index < -0.39 is 7.60 Å². The highest BCUT2D eigenvalue weighted by Crippen LogP contribution is 2.43. The number of hydrogen-bond acceptors (Lipinski definition) is 4. The molecule has 0 aliphatic rings. The van der Waals surface area contributed by atoms with Crippen LogP contribution in [0, 0.1) is 6.92 Å². The van der Waals surface area contributed by atoms with Crippen molar-refractivity contribution in [1.82, 2.24) is 14.6 Å². The molecule has 1 unspecified atom stereocenters. The molecule has 0 amide bonds. The van der Waals surface area contributed by atoms with Crippen molar-refractivity contribution < 1.29 is 14.0 Å². The van der Waals surface area contributed by atoms with Crippen molar-refractivity contribution in [3.63, 3.8) is 0 Å². The number of fused-ring (bicyclic) bond motifs is 1. The Morgan fingerprint density at radius 3 is 2.47 bits per heavy atom. The van der Waals surface area contributed by atoms with Crippen LogP contribution >= 0.6 is 19.2 Å². The summed E-state index contributed by atoms with van der Waals surface area (Å²) in [6, 6.07) is 24.0. The lowest BCUT2D eigenvalue weighted by Crippen LogP contribution is -2.10. The lowest BCUT2D eigenvalue weighted by Gasteiger charge is -2.15.